The zero-order chi connectivity index (χ0) is 16.4. The summed E-state index contributed by atoms with van der Waals surface area (Å²) in [6, 6.07) is 2.06. The average Bonchev–Trinajstić information content (AvgIpc) is 3.15. The molecule has 1 saturated heterocycles. The maximum Gasteiger partial charge on any atom is 0.252 e. The van der Waals surface area contributed by atoms with Crippen LogP contribution in [0.2, 0.25) is 0 Å². The van der Waals surface area contributed by atoms with Crippen LogP contribution in [0.1, 0.15) is 48.8 Å². The van der Waals surface area contributed by atoms with Crippen molar-refractivity contribution in [3.63, 3.8) is 0 Å². The number of aromatic nitrogens is 3. The van der Waals surface area contributed by atoms with Gasteiger partial charge >= 0.3 is 0 Å². The Morgan fingerprint density at radius 1 is 1.44 bits per heavy atom. The summed E-state index contributed by atoms with van der Waals surface area (Å²) >= 11 is 0. The third kappa shape index (κ3) is 4.84. The molecule has 0 bridgehead atoms. The first-order valence-corrected chi connectivity index (χ1v) is 8.40. The van der Waals surface area contributed by atoms with Crippen molar-refractivity contribution in [3.8, 4) is 0 Å². The van der Waals surface area contributed by atoms with Gasteiger partial charge in [-0.1, -0.05) is 0 Å². The molecule has 1 fully saturated rings. The SMILES string of the molecule is Cc1cc(C(=O)NCCC2CCNC2)c2cnn(C(C)C)c2n1.Cl.Cl. The standard InChI is InChI=1S/C17H25N5O.2ClH/c1-11(2)22-16-15(10-20-22)14(8-12(3)21-16)17(23)19-7-5-13-4-6-18-9-13;;/h8,10-11,13,18H,4-7,9H2,1-3H3,(H,19,23);2*1H. The summed E-state index contributed by atoms with van der Waals surface area (Å²) in [6.07, 6.45) is 3.98. The van der Waals surface area contributed by atoms with Crippen molar-refractivity contribution < 1.29 is 4.79 Å². The first-order valence-electron chi connectivity index (χ1n) is 8.40. The summed E-state index contributed by atoms with van der Waals surface area (Å²) in [5.41, 5.74) is 2.29. The van der Waals surface area contributed by atoms with Crippen molar-refractivity contribution in [2.45, 2.75) is 39.7 Å². The number of fused-ring (bicyclic) bond motifs is 1. The van der Waals surface area contributed by atoms with Crippen LogP contribution >= 0.6 is 24.8 Å². The molecule has 6 nitrogen and oxygen atoms in total. The highest BCUT2D eigenvalue weighted by Gasteiger charge is 2.18. The molecule has 2 N–H and O–H groups in total. The molecule has 1 aliphatic heterocycles. The highest BCUT2D eigenvalue weighted by Crippen LogP contribution is 2.21. The number of hydrogen-bond acceptors (Lipinski definition) is 4. The molecule has 0 saturated carbocycles. The van der Waals surface area contributed by atoms with Gasteiger partial charge in [-0.25, -0.2) is 9.67 Å². The van der Waals surface area contributed by atoms with Crippen LogP contribution < -0.4 is 10.6 Å². The van der Waals surface area contributed by atoms with Gasteiger partial charge in [0.25, 0.3) is 5.91 Å². The van der Waals surface area contributed by atoms with Crippen molar-refractivity contribution in [3.05, 3.63) is 23.5 Å². The highest BCUT2D eigenvalue weighted by atomic mass is 35.5. The minimum Gasteiger partial charge on any atom is -0.352 e. The zero-order valence-electron chi connectivity index (χ0n) is 14.9. The molecule has 1 atom stereocenters. The Labute approximate surface area is 161 Å². The van der Waals surface area contributed by atoms with E-state index >= 15 is 0 Å². The molecule has 1 aliphatic rings. The fraction of sp³-hybridized carbons (Fsp3) is 0.588. The van der Waals surface area contributed by atoms with Gasteiger partial charge in [0.2, 0.25) is 0 Å². The Kier molecular flexibility index (Phi) is 8.12. The fourth-order valence-corrected chi connectivity index (χ4v) is 3.15. The van der Waals surface area contributed by atoms with Crippen LogP contribution in [-0.2, 0) is 0 Å². The predicted molar refractivity (Wildman–Crippen MR) is 105 cm³/mol. The number of halogens is 2. The zero-order valence-corrected chi connectivity index (χ0v) is 16.5. The van der Waals surface area contributed by atoms with E-state index in [1.807, 2.05) is 17.7 Å². The van der Waals surface area contributed by atoms with Crippen LogP contribution in [-0.4, -0.2) is 40.3 Å². The molecule has 25 heavy (non-hydrogen) atoms. The van der Waals surface area contributed by atoms with Crippen LogP contribution in [0.25, 0.3) is 11.0 Å². The molecule has 1 amide bonds. The summed E-state index contributed by atoms with van der Waals surface area (Å²) in [4.78, 5) is 17.1. The first-order chi connectivity index (χ1) is 11.1. The van der Waals surface area contributed by atoms with Crippen LogP contribution in [0, 0.1) is 12.8 Å². The molecular weight excluding hydrogens is 361 g/mol. The van der Waals surface area contributed by atoms with Crippen molar-refractivity contribution in [2.75, 3.05) is 19.6 Å². The third-order valence-electron chi connectivity index (χ3n) is 4.43. The van der Waals surface area contributed by atoms with Crippen LogP contribution in [0.5, 0.6) is 0 Å². The minimum absolute atomic E-state index is 0. The number of nitrogens with one attached hydrogen (secondary N) is 2. The Balaban J connectivity index is 0.00000156. The number of carbonyl (C=O) groups excluding carboxylic acids is 1. The van der Waals surface area contributed by atoms with E-state index in [-0.39, 0.29) is 36.8 Å². The number of hydrogen-bond donors (Lipinski definition) is 2. The topological polar surface area (TPSA) is 71.8 Å². The van der Waals surface area contributed by atoms with Gasteiger partial charge in [-0.2, -0.15) is 5.10 Å². The largest absolute Gasteiger partial charge is 0.352 e. The average molecular weight is 388 g/mol. The third-order valence-corrected chi connectivity index (χ3v) is 4.43. The molecule has 0 aliphatic carbocycles. The lowest BCUT2D eigenvalue weighted by molar-refractivity contribution is 0.0953. The number of nitrogens with zero attached hydrogens (tertiary/aromatic N) is 3. The Morgan fingerprint density at radius 3 is 2.84 bits per heavy atom. The lowest BCUT2D eigenvalue weighted by Crippen LogP contribution is -2.26. The molecule has 2 aromatic rings. The van der Waals surface area contributed by atoms with E-state index in [0.29, 0.717) is 18.0 Å². The van der Waals surface area contributed by atoms with Gasteiger partial charge in [0.05, 0.1) is 17.1 Å². The summed E-state index contributed by atoms with van der Waals surface area (Å²) in [7, 11) is 0. The van der Waals surface area contributed by atoms with Crippen molar-refractivity contribution >= 4 is 41.8 Å². The summed E-state index contributed by atoms with van der Waals surface area (Å²) < 4.78 is 1.86. The molecule has 3 heterocycles. The number of pyridine rings is 1. The van der Waals surface area contributed by atoms with Gasteiger partial charge in [-0.3, -0.25) is 4.79 Å². The second-order valence-corrected chi connectivity index (χ2v) is 6.63. The van der Waals surface area contributed by atoms with Gasteiger partial charge < -0.3 is 10.6 Å². The highest BCUT2D eigenvalue weighted by molar-refractivity contribution is 6.05. The van der Waals surface area contributed by atoms with E-state index in [0.717, 1.165) is 36.2 Å². The number of aryl methyl sites for hydroxylation is 1. The maximum atomic E-state index is 12.6. The summed E-state index contributed by atoms with van der Waals surface area (Å²) in [5.74, 6) is 0.646. The number of amides is 1. The molecule has 0 spiro atoms. The maximum absolute atomic E-state index is 12.6. The second-order valence-electron chi connectivity index (χ2n) is 6.63. The lowest BCUT2D eigenvalue weighted by atomic mass is 10.1. The molecule has 8 heteroatoms. The van der Waals surface area contributed by atoms with Crippen molar-refractivity contribution in [1.29, 1.82) is 0 Å². The Bertz CT molecular complexity index is 710. The molecular formula is C17H27Cl2N5O. The summed E-state index contributed by atoms with van der Waals surface area (Å²) in [6.45, 7) is 8.91. The number of rotatable bonds is 5. The lowest BCUT2D eigenvalue weighted by Gasteiger charge is -2.11. The van der Waals surface area contributed by atoms with Gasteiger partial charge in [0.1, 0.15) is 0 Å². The number of carbonyl (C=O) groups is 1. The molecule has 140 valence electrons. The minimum atomic E-state index is -0.0326. The van der Waals surface area contributed by atoms with E-state index in [2.05, 4.69) is 34.6 Å². The monoisotopic (exact) mass is 387 g/mol. The molecule has 0 radical (unpaired) electrons. The van der Waals surface area contributed by atoms with Crippen LogP contribution in [0.4, 0.5) is 0 Å². The van der Waals surface area contributed by atoms with E-state index in [4.69, 9.17) is 0 Å². The van der Waals surface area contributed by atoms with Crippen molar-refractivity contribution in [1.82, 2.24) is 25.4 Å². The van der Waals surface area contributed by atoms with Crippen molar-refractivity contribution in [2.24, 2.45) is 5.92 Å². The van der Waals surface area contributed by atoms with E-state index < -0.39 is 0 Å². The van der Waals surface area contributed by atoms with Crippen LogP contribution in [0.3, 0.4) is 0 Å². The van der Waals surface area contributed by atoms with Gasteiger partial charge in [-0.15, -0.1) is 24.8 Å². The molecule has 0 aromatic carbocycles. The molecule has 3 rings (SSSR count). The Hall–Kier alpha value is -1.37. The smallest absolute Gasteiger partial charge is 0.252 e. The normalized spacial score (nSPS) is 16.6. The van der Waals surface area contributed by atoms with Crippen LogP contribution in [0.15, 0.2) is 12.3 Å². The Morgan fingerprint density at radius 2 is 2.20 bits per heavy atom. The van der Waals surface area contributed by atoms with E-state index in [9.17, 15) is 4.79 Å². The van der Waals surface area contributed by atoms with Gasteiger partial charge in [0, 0.05) is 18.3 Å². The molecule has 1 unspecified atom stereocenters. The quantitative estimate of drug-likeness (QED) is 0.826. The van der Waals surface area contributed by atoms with Gasteiger partial charge in [0.15, 0.2) is 5.65 Å². The molecule has 2 aromatic heterocycles. The van der Waals surface area contributed by atoms with Gasteiger partial charge in [-0.05, 0) is 58.7 Å². The fourth-order valence-electron chi connectivity index (χ4n) is 3.15. The predicted octanol–water partition coefficient (Wildman–Crippen LogP) is 2.89. The van der Waals surface area contributed by atoms with E-state index in [1.165, 1.54) is 6.42 Å². The summed E-state index contributed by atoms with van der Waals surface area (Å²) in [5, 5.41) is 11.6. The first kappa shape index (κ1) is 21.7. The van der Waals surface area contributed by atoms with E-state index in [1.54, 1.807) is 6.20 Å². The second kappa shape index (κ2) is 9.36.